The van der Waals surface area contributed by atoms with Gasteiger partial charge in [0.1, 0.15) is 5.82 Å². The third-order valence-corrected chi connectivity index (χ3v) is 2.49. The van der Waals surface area contributed by atoms with E-state index in [1.165, 1.54) is 6.07 Å². The summed E-state index contributed by atoms with van der Waals surface area (Å²) < 4.78 is 0. The van der Waals surface area contributed by atoms with E-state index in [1.54, 1.807) is 0 Å². The predicted molar refractivity (Wildman–Crippen MR) is 67.8 cm³/mol. The van der Waals surface area contributed by atoms with Crippen LogP contribution in [0.4, 0.5) is 11.5 Å². The molecule has 0 atom stereocenters. The Labute approximate surface area is 98.9 Å². The fraction of sp³-hybridized carbons (Fsp3) is 0.154. The van der Waals surface area contributed by atoms with E-state index < -0.39 is 0 Å². The Kier molecular flexibility index (Phi) is 3.14. The highest BCUT2D eigenvalue weighted by atomic mass is 16.3. The Hall–Kier alpha value is -2.23. The lowest BCUT2D eigenvalue weighted by Gasteiger charge is -2.09. The zero-order chi connectivity index (χ0) is 12.3. The van der Waals surface area contributed by atoms with E-state index >= 15 is 0 Å². The molecular weight excluding hydrogens is 216 g/mol. The van der Waals surface area contributed by atoms with Gasteiger partial charge in [-0.15, -0.1) is 0 Å². The maximum atomic E-state index is 11.5. The molecule has 0 fully saturated rings. The summed E-state index contributed by atoms with van der Waals surface area (Å²) in [5, 5.41) is 12.6. The van der Waals surface area contributed by atoms with Gasteiger partial charge in [-0.2, -0.15) is 0 Å². The lowest BCUT2D eigenvalue weighted by molar-refractivity contribution is 0.460. The number of aromatic nitrogens is 1. The molecule has 0 radical (unpaired) electrons. The second-order valence-corrected chi connectivity index (χ2v) is 3.72. The molecule has 0 saturated carbocycles. The third kappa shape index (κ3) is 2.47. The van der Waals surface area contributed by atoms with E-state index in [-0.39, 0.29) is 11.2 Å². The van der Waals surface area contributed by atoms with Crippen molar-refractivity contribution in [3.8, 4) is 5.75 Å². The molecule has 2 aromatic rings. The second kappa shape index (κ2) is 4.74. The summed E-state index contributed by atoms with van der Waals surface area (Å²) in [4.78, 5) is 14.5. The van der Waals surface area contributed by atoms with Crippen LogP contribution in [0.5, 0.6) is 5.75 Å². The molecule has 0 spiro atoms. The number of hydrogen-bond donors (Lipinski definition) is 3. The number of H-pyrrole nitrogens is 1. The smallest absolute Gasteiger partial charge is 0.225 e. The van der Waals surface area contributed by atoms with Crippen LogP contribution in [0.15, 0.2) is 41.2 Å². The monoisotopic (exact) mass is 230 g/mol. The number of nitrogens with one attached hydrogen (secondary N) is 2. The van der Waals surface area contributed by atoms with E-state index in [2.05, 4.69) is 10.3 Å². The number of anilines is 2. The van der Waals surface area contributed by atoms with Gasteiger partial charge in [-0.25, -0.2) is 0 Å². The molecule has 0 unspecified atom stereocenters. The number of para-hydroxylation sites is 1. The van der Waals surface area contributed by atoms with Crippen molar-refractivity contribution < 1.29 is 5.11 Å². The molecule has 0 aliphatic carbocycles. The molecule has 1 aromatic carbocycles. The van der Waals surface area contributed by atoms with Crippen molar-refractivity contribution >= 4 is 11.5 Å². The normalized spacial score (nSPS) is 10.2. The van der Waals surface area contributed by atoms with Crippen LogP contribution in [-0.4, -0.2) is 10.1 Å². The van der Waals surface area contributed by atoms with Gasteiger partial charge in [-0.3, -0.25) is 4.79 Å². The van der Waals surface area contributed by atoms with Crippen molar-refractivity contribution in [2.24, 2.45) is 0 Å². The number of aryl methyl sites for hydroxylation is 1. The van der Waals surface area contributed by atoms with Crippen molar-refractivity contribution in [1.82, 2.24) is 4.98 Å². The van der Waals surface area contributed by atoms with E-state index in [1.807, 2.05) is 37.3 Å². The summed E-state index contributed by atoms with van der Waals surface area (Å²) in [6.07, 6.45) is 0.575. The Morgan fingerprint density at radius 2 is 2.00 bits per heavy atom. The predicted octanol–water partition coefficient (Wildman–Crippen LogP) is 2.39. The van der Waals surface area contributed by atoms with Crippen LogP contribution < -0.4 is 10.7 Å². The van der Waals surface area contributed by atoms with Crippen LogP contribution in [-0.2, 0) is 6.42 Å². The summed E-state index contributed by atoms with van der Waals surface area (Å²) in [6, 6.07) is 10.9. The SMILES string of the molecule is CCc1[nH]c(Nc2ccccc2)cc(=O)c1O. The van der Waals surface area contributed by atoms with Gasteiger partial charge >= 0.3 is 0 Å². The van der Waals surface area contributed by atoms with Gasteiger partial charge in [-0.05, 0) is 18.6 Å². The fourth-order valence-corrected chi connectivity index (χ4v) is 1.61. The standard InChI is InChI=1S/C13H14N2O2/c1-2-10-13(17)11(16)8-12(15-10)14-9-6-4-3-5-7-9/h3-8,17H,2H2,1H3,(H2,14,15,16). The van der Waals surface area contributed by atoms with E-state index in [9.17, 15) is 9.90 Å². The molecular formula is C13H14N2O2. The molecule has 17 heavy (non-hydrogen) atoms. The van der Waals surface area contributed by atoms with Crippen molar-refractivity contribution in [3.05, 3.63) is 52.3 Å². The number of rotatable bonds is 3. The molecule has 0 aliphatic heterocycles. The van der Waals surface area contributed by atoms with Crippen LogP contribution in [0.3, 0.4) is 0 Å². The topological polar surface area (TPSA) is 65.1 Å². The molecule has 4 nitrogen and oxygen atoms in total. The lowest BCUT2D eigenvalue weighted by atomic mass is 10.2. The average molecular weight is 230 g/mol. The number of benzene rings is 1. The average Bonchev–Trinajstić information content (AvgIpc) is 2.35. The van der Waals surface area contributed by atoms with Crippen LogP contribution in [0.2, 0.25) is 0 Å². The van der Waals surface area contributed by atoms with Gasteiger partial charge in [0.15, 0.2) is 5.75 Å². The summed E-state index contributed by atoms with van der Waals surface area (Å²) in [5.41, 5.74) is 1.05. The molecule has 0 aliphatic rings. The first kappa shape index (κ1) is 11.3. The van der Waals surface area contributed by atoms with Crippen LogP contribution in [0.1, 0.15) is 12.6 Å². The first-order valence-corrected chi connectivity index (χ1v) is 5.48. The highest BCUT2D eigenvalue weighted by Crippen LogP contribution is 2.16. The van der Waals surface area contributed by atoms with E-state index in [4.69, 9.17) is 0 Å². The number of aromatic amines is 1. The van der Waals surface area contributed by atoms with E-state index in [0.717, 1.165) is 5.69 Å². The van der Waals surface area contributed by atoms with Gasteiger partial charge in [0.05, 0.1) is 5.69 Å². The first-order valence-electron chi connectivity index (χ1n) is 5.48. The maximum absolute atomic E-state index is 11.5. The molecule has 0 amide bonds. The van der Waals surface area contributed by atoms with Crippen molar-refractivity contribution in [1.29, 1.82) is 0 Å². The van der Waals surface area contributed by atoms with Gasteiger partial charge in [0.25, 0.3) is 0 Å². The molecule has 1 aromatic heterocycles. The van der Waals surface area contributed by atoms with Crippen molar-refractivity contribution in [3.63, 3.8) is 0 Å². The largest absolute Gasteiger partial charge is 0.503 e. The van der Waals surface area contributed by atoms with Gasteiger partial charge < -0.3 is 15.4 Å². The van der Waals surface area contributed by atoms with Gasteiger partial charge in [-0.1, -0.05) is 25.1 Å². The number of hydrogen-bond acceptors (Lipinski definition) is 3. The molecule has 88 valence electrons. The molecule has 0 saturated heterocycles. The van der Waals surface area contributed by atoms with Crippen molar-refractivity contribution in [2.75, 3.05) is 5.32 Å². The molecule has 1 heterocycles. The van der Waals surface area contributed by atoms with Crippen LogP contribution in [0, 0.1) is 0 Å². The third-order valence-electron chi connectivity index (χ3n) is 2.49. The summed E-state index contributed by atoms with van der Waals surface area (Å²) >= 11 is 0. The highest BCUT2D eigenvalue weighted by Gasteiger charge is 2.06. The zero-order valence-electron chi connectivity index (χ0n) is 9.53. The number of aromatic hydroxyl groups is 1. The second-order valence-electron chi connectivity index (χ2n) is 3.72. The summed E-state index contributed by atoms with van der Waals surface area (Å²) in [5.74, 6) is 0.377. The molecule has 3 N–H and O–H groups in total. The van der Waals surface area contributed by atoms with Gasteiger partial charge in [0.2, 0.25) is 5.43 Å². The van der Waals surface area contributed by atoms with Crippen molar-refractivity contribution in [2.45, 2.75) is 13.3 Å². The fourth-order valence-electron chi connectivity index (χ4n) is 1.61. The van der Waals surface area contributed by atoms with Crippen LogP contribution in [0.25, 0.3) is 0 Å². The Morgan fingerprint density at radius 1 is 1.29 bits per heavy atom. The minimum absolute atomic E-state index is 0.203. The Bertz CT molecular complexity index is 561. The molecule has 2 rings (SSSR count). The number of pyridine rings is 1. The Balaban J connectivity index is 2.34. The molecule has 4 heteroatoms. The van der Waals surface area contributed by atoms with Gasteiger partial charge in [0, 0.05) is 11.8 Å². The first-order chi connectivity index (χ1) is 8.20. The maximum Gasteiger partial charge on any atom is 0.225 e. The highest BCUT2D eigenvalue weighted by molar-refractivity contribution is 5.56. The lowest BCUT2D eigenvalue weighted by Crippen LogP contribution is -2.07. The summed E-state index contributed by atoms with van der Waals surface area (Å²) in [6.45, 7) is 1.87. The minimum atomic E-state index is -0.376. The summed E-state index contributed by atoms with van der Waals surface area (Å²) in [7, 11) is 0. The quantitative estimate of drug-likeness (QED) is 0.758. The zero-order valence-corrected chi connectivity index (χ0v) is 9.53. The Morgan fingerprint density at radius 3 is 2.65 bits per heavy atom. The van der Waals surface area contributed by atoms with Crippen LogP contribution >= 0.6 is 0 Å². The minimum Gasteiger partial charge on any atom is -0.503 e. The van der Waals surface area contributed by atoms with E-state index in [0.29, 0.717) is 17.9 Å². The molecule has 0 bridgehead atoms.